The number of carbonyl (C=O) groups is 2. The fourth-order valence-electron chi connectivity index (χ4n) is 2.45. The van der Waals surface area contributed by atoms with E-state index in [-0.39, 0.29) is 10.7 Å². The second kappa shape index (κ2) is 5.89. The van der Waals surface area contributed by atoms with Crippen LogP contribution in [-0.2, 0) is 4.79 Å². The number of halogens is 2. The van der Waals surface area contributed by atoms with Crippen molar-refractivity contribution in [3.05, 3.63) is 29.0 Å². The smallest absolute Gasteiger partial charge is 0.329 e. The van der Waals surface area contributed by atoms with E-state index < -0.39 is 23.4 Å². The maximum absolute atomic E-state index is 13.8. The van der Waals surface area contributed by atoms with E-state index in [1.54, 1.807) is 0 Å². The third-order valence-electron chi connectivity index (χ3n) is 3.79. The summed E-state index contributed by atoms with van der Waals surface area (Å²) < 4.78 is 13.8. The molecule has 21 heavy (non-hydrogen) atoms. The van der Waals surface area contributed by atoms with E-state index in [2.05, 4.69) is 5.32 Å². The van der Waals surface area contributed by atoms with Gasteiger partial charge in [0.1, 0.15) is 5.54 Å². The topological polar surface area (TPSA) is 69.6 Å². The van der Waals surface area contributed by atoms with Gasteiger partial charge in [-0.05, 0) is 38.3 Å². The quantitative estimate of drug-likeness (QED) is 0.879. The van der Waals surface area contributed by atoms with E-state index in [0.29, 0.717) is 19.4 Å². The fraction of sp³-hybridized carbons (Fsp3) is 0.429. The first-order valence-electron chi connectivity index (χ1n) is 6.62. The van der Waals surface area contributed by atoms with E-state index in [0.717, 1.165) is 6.42 Å². The number of hydrogen-bond acceptors (Lipinski definition) is 2. The SMILES string of the molecule is CC1(C(=O)O)CCCCN1C(=O)Nc1cccc(Cl)c1F. The Bertz CT molecular complexity index is 581. The van der Waals surface area contributed by atoms with Crippen LogP contribution in [0.1, 0.15) is 26.2 Å². The van der Waals surface area contributed by atoms with Crippen molar-refractivity contribution in [2.45, 2.75) is 31.7 Å². The molecule has 0 spiro atoms. The van der Waals surface area contributed by atoms with Gasteiger partial charge in [-0.15, -0.1) is 0 Å². The summed E-state index contributed by atoms with van der Waals surface area (Å²) in [5.74, 6) is -1.80. The van der Waals surface area contributed by atoms with Gasteiger partial charge in [0, 0.05) is 6.54 Å². The molecule has 1 fully saturated rings. The van der Waals surface area contributed by atoms with Gasteiger partial charge in [0.25, 0.3) is 0 Å². The second-order valence-corrected chi connectivity index (χ2v) is 5.63. The van der Waals surface area contributed by atoms with Crippen molar-refractivity contribution in [3.63, 3.8) is 0 Å². The van der Waals surface area contributed by atoms with E-state index >= 15 is 0 Å². The maximum atomic E-state index is 13.8. The number of carboxylic acids is 1. The molecule has 1 aliphatic rings. The molecule has 0 aromatic heterocycles. The number of benzene rings is 1. The molecule has 1 atom stereocenters. The molecule has 1 heterocycles. The number of carbonyl (C=O) groups excluding carboxylic acids is 1. The zero-order valence-electron chi connectivity index (χ0n) is 11.5. The lowest BCUT2D eigenvalue weighted by molar-refractivity contribution is -0.150. The normalized spacial score (nSPS) is 22.0. The molecule has 0 radical (unpaired) electrons. The number of rotatable bonds is 2. The Morgan fingerprint density at radius 2 is 2.14 bits per heavy atom. The Morgan fingerprint density at radius 3 is 2.81 bits per heavy atom. The molecular weight excluding hydrogens is 299 g/mol. The second-order valence-electron chi connectivity index (χ2n) is 5.22. The molecule has 1 unspecified atom stereocenters. The fourth-order valence-corrected chi connectivity index (χ4v) is 2.63. The van der Waals surface area contributed by atoms with E-state index in [9.17, 15) is 19.1 Å². The van der Waals surface area contributed by atoms with Gasteiger partial charge in [-0.25, -0.2) is 14.0 Å². The molecule has 0 aliphatic carbocycles. The highest BCUT2D eigenvalue weighted by atomic mass is 35.5. The molecular formula is C14H16ClFN2O3. The number of piperidine rings is 1. The summed E-state index contributed by atoms with van der Waals surface area (Å²) >= 11 is 5.66. The Balaban J connectivity index is 2.22. The Hall–Kier alpha value is -1.82. The Labute approximate surface area is 126 Å². The Morgan fingerprint density at radius 1 is 1.43 bits per heavy atom. The summed E-state index contributed by atoms with van der Waals surface area (Å²) in [7, 11) is 0. The zero-order chi connectivity index (χ0) is 15.6. The molecule has 1 aromatic carbocycles. The Kier molecular flexibility index (Phi) is 4.37. The molecule has 2 amide bonds. The minimum Gasteiger partial charge on any atom is -0.480 e. The lowest BCUT2D eigenvalue weighted by atomic mass is 9.89. The molecule has 7 heteroatoms. The first-order valence-corrected chi connectivity index (χ1v) is 7.00. The number of nitrogens with one attached hydrogen (secondary N) is 1. The molecule has 1 saturated heterocycles. The first-order chi connectivity index (χ1) is 9.86. The average Bonchev–Trinajstić information content (AvgIpc) is 2.44. The summed E-state index contributed by atoms with van der Waals surface area (Å²) in [6.45, 7) is 1.82. The van der Waals surface area contributed by atoms with Crippen LogP contribution in [0.15, 0.2) is 18.2 Å². The van der Waals surface area contributed by atoms with Gasteiger partial charge in [-0.1, -0.05) is 17.7 Å². The third kappa shape index (κ3) is 2.95. The number of amides is 2. The van der Waals surface area contributed by atoms with Crippen LogP contribution in [0.3, 0.4) is 0 Å². The summed E-state index contributed by atoms with van der Waals surface area (Å²) in [4.78, 5) is 25.0. The van der Waals surface area contributed by atoms with Crippen molar-refractivity contribution >= 4 is 29.3 Å². The van der Waals surface area contributed by atoms with E-state index in [4.69, 9.17) is 11.6 Å². The number of anilines is 1. The van der Waals surface area contributed by atoms with E-state index in [1.165, 1.54) is 30.0 Å². The predicted molar refractivity (Wildman–Crippen MR) is 77.0 cm³/mol. The first kappa shape index (κ1) is 15.6. The lowest BCUT2D eigenvalue weighted by Gasteiger charge is -2.41. The molecule has 2 N–H and O–H groups in total. The lowest BCUT2D eigenvalue weighted by Crippen LogP contribution is -2.58. The molecule has 0 saturated carbocycles. The minimum atomic E-state index is -1.28. The van der Waals surface area contributed by atoms with Crippen LogP contribution in [0.2, 0.25) is 5.02 Å². The van der Waals surface area contributed by atoms with Crippen LogP contribution in [0.5, 0.6) is 0 Å². The molecule has 1 aromatic rings. The molecule has 5 nitrogen and oxygen atoms in total. The van der Waals surface area contributed by atoms with Crippen LogP contribution >= 0.6 is 11.6 Å². The summed E-state index contributed by atoms with van der Waals surface area (Å²) in [5, 5.41) is 11.7. The van der Waals surface area contributed by atoms with Crippen molar-refractivity contribution in [2.24, 2.45) is 0 Å². The van der Waals surface area contributed by atoms with Gasteiger partial charge in [-0.3, -0.25) is 0 Å². The number of urea groups is 1. The highest BCUT2D eigenvalue weighted by Gasteiger charge is 2.44. The average molecular weight is 315 g/mol. The van der Waals surface area contributed by atoms with Crippen LogP contribution < -0.4 is 5.32 Å². The van der Waals surface area contributed by atoms with Crippen molar-refractivity contribution in [2.75, 3.05) is 11.9 Å². The van der Waals surface area contributed by atoms with Crippen LogP contribution in [-0.4, -0.2) is 34.1 Å². The van der Waals surface area contributed by atoms with Gasteiger partial charge in [-0.2, -0.15) is 0 Å². The standard InChI is InChI=1S/C14H16ClFN2O3/c1-14(12(19)20)7-2-3-8-18(14)13(21)17-10-6-4-5-9(15)11(10)16/h4-6H,2-3,7-8H2,1H3,(H,17,21)(H,19,20). The minimum absolute atomic E-state index is 0.0641. The van der Waals surface area contributed by atoms with Gasteiger partial charge >= 0.3 is 12.0 Å². The van der Waals surface area contributed by atoms with Crippen molar-refractivity contribution in [3.8, 4) is 0 Å². The monoisotopic (exact) mass is 314 g/mol. The summed E-state index contributed by atoms with van der Waals surface area (Å²) in [5.41, 5.74) is -1.34. The van der Waals surface area contributed by atoms with Crippen LogP contribution in [0.25, 0.3) is 0 Å². The van der Waals surface area contributed by atoms with Gasteiger partial charge in [0.05, 0.1) is 10.7 Å². The van der Waals surface area contributed by atoms with Crippen molar-refractivity contribution < 1.29 is 19.1 Å². The van der Waals surface area contributed by atoms with Crippen molar-refractivity contribution in [1.29, 1.82) is 0 Å². The number of likely N-dealkylation sites (tertiary alicyclic amines) is 1. The van der Waals surface area contributed by atoms with Gasteiger partial charge < -0.3 is 15.3 Å². The molecule has 2 rings (SSSR count). The van der Waals surface area contributed by atoms with E-state index in [1.807, 2.05) is 0 Å². The molecule has 0 bridgehead atoms. The highest BCUT2D eigenvalue weighted by molar-refractivity contribution is 6.31. The number of nitrogens with zero attached hydrogens (tertiary/aromatic N) is 1. The van der Waals surface area contributed by atoms with Gasteiger partial charge in [0.15, 0.2) is 5.82 Å². The van der Waals surface area contributed by atoms with Crippen LogP contribution in [0.4, 0.5) is 14.9 Å². The molecule has 1 aliphatic heterocycles. The van der Waals surface area contributed by atoms with Gasteiger partial charge in [0.2, 0.25) is 0 Å². The number of hydrogen-bond donors (Lipinski definition) is 2. The summed E-state index contributed by atoms with van der Waals surface area (Å²) in [6.07, 6.45) is 1.82. The number of carboxylic acid groups (broad SMARTS) is 1. The third-order valence-corrected chi connectivity index (χ3v) is 4.08. The highest BCUT2D eigenvalue weighted by Crippen LogP contribution is 2.30. The molecule has 114 valence electrons. The predicted octanol–water partition coefficient (Wildman–Crippen LogP) is 3.34. The summed E-state index contributed by atoms with van der Waals surface area (Å²) in [6, 6.07) is 3.62. The zero-order valence-corrected chi connectivity index (χ0v) is 12.3. The number of aliphatic carboxylic acids is 1. The maximum Gasteiger partial charge on any atom is 0.329 e. The van der Waals surface area contributed by atoms with Crippen LogP contribution in [0, 0.1) is 5.82 Å². The largest absolute Gasteiger partial charge is 0.480 e. The van der Waals surface area contributed by atoms with Crippen molar-refractivity contribution in [1.82, 2.24) is 4.90 Å².